The van der Waals surface area contributed by atoms with Crippen molar-refractivity contribution in [3.05, 3.63) is 72.9 Å². The second-order valence-corrected chi connectivity index (χ2v) is 17.9. The number of rotatable bonds is 48. The zero-order valence-corrected chi connectivity index (χ0v) is 42.0. The Balaban J connectivity index is 4.45. The summed E-state index contributed by atoms with van der Waals surface area (Å²) in [5, 5.41) is 0. The van der Waals surface area contributed by atoms with Gasteiger partial charge >= 0.3 is 17.9 Å². The molecule has 368 valence electrons. The molecule has 0 aromatic carbocycles. The molecular formula is C58H100O6. The number of allylic oxidation sites excluding steroid dienone is 12. The van der Waals surface area contributed by atoms with E-state index in [4.69, 9.17) is 14.2 Å². The van der Waals surface area contributed by atoms with Gasteiger partial charge in [0.2, 0.25) is 0 Å². The Morgan fingerprint density at radius 1 is 0.328 bits per heavy atom. The van der Waals surface area contributed by atoms with E-state index in [1.54, 1.807) is 0 Å². The Kier molecular flexibility index (Phi) is 49.9. The number of esters is 3. The summed E-state index contributed by atoms with van der Waals surface area (Å²) in [5.74, 6) is -0.937. The minimum Gasteiger partial charge on any atom is -0.462 e. The third-order valence-electron chi connectivity index (χ3n) is 11.6. The highest BCUT2D eigenvalue weighted by Crippen LogP contribution is 2.15. The lowest BCUT2D eigenvalue weighted by Gasteiger charge is -2.18. The maximum atomic E-state index is 12.8. The van der Waals surface area contributed by atoms with Gasteiger partial charge in [-0.15, -0.1) is 0 Å². The molecule has 6 heteroatoms. The first-order chi connectivity index (χ1) is 31.5. The molecule has 0 N–H and O–H groups in total. The van der Waals surface area contributed by atoms with Crippen LogP contribution < -0.4 is 0 Å². The van der Waals surface area contributed by atoms with Crippen LogP contribution in [-0.4, -0.2) is 37.2 Å². The van der Waals surface area contributed by atoms with Crippen molar-refractivity contribution in [1.82, 2.24) is 0 Å². The lowest BCUT2D eigenvalue weighted by Crippen LogP contribution is -2.30. The van der Waals surface area contributed by atoms with E-state index in [2.05, 4.69) is 75.5 Å². The van der Waals surface area contributed by atoms with Crippen LogP contribution in [0.5, 0.6) is 0 Å². The Bertz CT molecular complexity index is 1210. The van der Waals surface area contributed by atoms with Crippen LogP contribution in [0.3, 0.4) is 0 Å². The molecule has 0 spiro atoms. The van der Waals surface area contributed by atoms with Gasteiger partial charge < -0.3 is 14.2 Å². The summed E-state index contributed by atoms with van der Waals surface area (Å²) in [6, 6.07) is 0. The summed E-state index contributed by atoms with van der Waals surface area (Å²) in [4.78, 5) is 38.0. The molecule has 0 bridgehead atoms. The van der Waals surface area contributed by atoms with Crippen molar-refractivity contribution in [2.75, 3.05) is 13.2 Å². The summed E-state index contributed by atoms with van der Waals surface area (Å²) >= 11 is 0. The van der Waals surface area contributed by atoms with E-state index in [0.717, 1.165) is 96.3 Å². The molecule has 6 nitrogen and oxygen atoms in total. The number of ether oxygens (including phenoxy) is 3. The monoisotopic (exact) mass is 893 g/mol. The fourth-order valence-corrected chi connectivity index (χ4v) is 7.50. The number of carbonyl (C=O) groups excluding carboxylic acids is 3. The fraction of sp³-hybridized carbons (Fsp3) is 0.741. The van der Waals surface area contributed by atoms with Gasteiger partial charge in [-0.3, -0.25) is 14.4 Å². The van der Waals surface area contributed by atoms with Gasteiger partial charge in [0, 0.05) is 19.3 Å². The minimum atomic E-state index is -0.797. The normalized spacial score (nSPS) is 12.6. The van der Waals surface area contributed by atoms with Gasteiger partial charge in [-0.2, -0.15) is 0 Å². The quantitative estimate of drug-likeness (QED) is 0.0262. The molecule has 0 aliphatic carbocycles. The van der Waals surface area contributed by atoms with Crippen LogP contribution in [0.15, 0.2) is 72.9 Å². The number of hydrogen-bond donors (Lipinski definition) is 0. The Morgan fingerprint density at radius 3 is 0.984 bits per heavy atom. The van der Waals surface area contributed by atoms with Crippen molar-refractivity contribution in [3.63, 3.8) is 0 Å². The topological polar surface area (TPSA) is 78.9 Å². The van der Waals surface area contributed by atoms with Crippen molar-refractivity contribution in [1.29, 1.82) is 0 Å². The van der Waals surface area contributed by atoms with Crippen LogP contribution >= 0.6 is 0 Å². The molecule has 1 unspecified atom stereocenters. The molecule has 0 aliphatic rings. The molecule has 0 saturated heterocycles. The summed E-state index contributed by atoms with van der Waals surface area (Å²) in [6.45, 7) is 6.47. The standard InChI is InChI=1S/C58H100O6/c1-4-7-10-13-16-19-22-25-28-31-33-36-39-42-45-48-51-57(60)63-54-55(64-58(61)52-49-46-43-40-37-34-30-27-24-21-18-15-12-9-6-3)53-62-56(59)50-47-44-41-38-35-32-29-26-23-20-17-14-11-8-5-2/h9,12,15,18,21,24,27-28,30-31,33,36,55H,4-8,10-11,13-14,16-17,19-20,22-23,25-26,29,32,34-35,37-54H2,1-3H3/b12-9-,18-15-,24-21-,30-27-,31-28-,36-33-. The van der Waals surface area contributed by atoms with Crippen LogP contribution in [-0.2, 0) is 28.6 Å². The molecule has 0 aromatic heterocycles. The van der Waals surface area contributed by atoms with Crippen LogP contribution in [0, 0.1) is 0 Å². The first-order valence-electron chi connectivity index (χ1n) is 27.0. The molecule has 0 aliphatic heterocycles. The molecule has 0 aromatic rings. The second-order valence-electron chi connectivity index (χ2n) is 17.9. The van der Waals surface area contributed by atoms with Gasteiger partial charge in [-0.25, -0.2) is 0 Å². The minimum absolute atomic E-state index is 0.0919. The molecule has 0 amide bonds. The SMILES string of the molecule is CC\C=C/C=C\C=C/C=C\CCCCCCCC(=O)OC(COC(=O)CCCCC/C=C\C=C/CCCCCCCCC)COC(=O)CCCCCCCCCCCCCCCCC. The Morgan fingerprint density at radius 2 is 0.609 bits per heavy atom. The molecule has 0 fully saturated rings. The molecular weight excluding hydrogens is 793 g/mol. The van der Waals surface area contributed by atoms with E-state index >= 15 is 0 Å². The Labute approximate surface area is 395 Å². The largest absolute Gasteiger partial charge is 0.462 e. The zero-order valence-electron chi connectivity index (χ0n) is 42.0. The van der Waals surface area contributed by atoms with Gasteiger partial charge in [0.25, 0.3) is 0 Å². The van der Waals surface area contributed by atoms with Gasteiger partial charge in [0.1, 0.15) is 13.2 Å². The molecule has 0 saturated carbocycles. The Hall–Kier alpha value is -3.15. The van der Waals surface area contributed by atoms with E-state index < -0.39 is 6.10 Å². The van der Waals surface area contributed by atoms with Crippen molar-refractivity contribution in [2.24, 2.45) is 0 Å². The highest BCUT2D eigenvalue weighted by molar-refractivity contribution is 5.71. The van der Waals surface area contributed by atoms with Crippen molar-refractivity contribution in [2.45, 2.75) is 264 Å². The average molecular weight is 893 g/mol. The smallest absolute Gasteiger partial charge is 0.306 e. The maximum absolute atomic E-state index is 12.8. The lowest BCUT2D eigenvalue weighted by molar-refractivity contribution is -0.167. The lowest BCUT2D eigenvalue weighted by atomic mass is 10.0. The average Bonchev–Trinajstić information content (AvgIpc) is 3.29. The van der Waals surface area contributed by atoms with E-state index in [1.165, 1.54) is 122 Å². The maximum Gasteiger partial charge on any atom is 0.306 e. The first-order valence-corrected chi connectivity index (χ1v) is 27.0. The van der Waals surface area contributed by atoms with Crippen LogP contribution in [0.4, 0.5) is 0 Å². The highest BCUT2D eigenvalue weighted by Gasteiger charge is 2.19. The van der Waals surface area contributed by atoms with Crippen molar-refractivity contribution < 1.29 is 28.6 Å². The molecule has 0 heterocycles. The summed E-state index contributed by atoms with van der Waals surface area (Å²) in [6.07, 6.45) is 66.0. The number of carbonyl (C=O) groups is 3. The molecule has 64 heavy (non-hydrogen) atoms. The van der Waals surface area contributed by atoms with Crippen LogP contribution in [0.1, 0.15) is 258 Å². The van der Waals surface area contributed by atoms with Gasteiger partial charge in [-0.1, -0.05) is 248 Å². The fourth-order valence-electron chi connectivity index (χ4n) is 7.50. The zero-order chi connectivity index (χ0) is 46.5. The molecule has 1 atom stereocenters. The van der Waals surface area contributed by atoms with Crippen molar-refractivity contribution in [3.8, 4) is 0 Å². The third-order valence-corrected chi connectivity index (χ3v) is 11.6. The van der Waals surface area contributed by atoms with Crippen LogP contribution in [0.2, 0.25) is 0 Å². The summed E-state index contributed by atoms with van der Waals surface area (Å²) < 4.78 is 16.8. The predicted molar refractivity (Wildman–Crippen MR) is 274 cm³/mol. The third kappa shape index (κ3) is 49.9. The summed E-state index contributed by atoms with van der Waals surface area (Å²) in [7, 11) is 0. The van der Waals surface area contributed by atoms with Crippen LogP contribution in [0.25, 0.3) is 0 Å². The van der Waals surface area contributed by atoms with E-state index in [-0.39, 0.29) is 31.1 Å². The first kappa shape index (κ1) is 60.9. The van der Waals surface area contributed by atoms with E-state index in [1.807, 2.05) is 18.2 Å². The van der Waals surface area contributed by atoms with Gasteiger partial charge in [0.15, 0.2) is 6.10 Å². The number of hydrogen-bond acceptors (Lipinski definition) is 6. The van der Waals surface area contributed by atoms with E-state index in [0.29, 0.717) is 19.3 Å². The van der Waals surface area contributed by atoms with E-state index in [9.17, 15) is 14.4 Å². The summed E-state index contributed by atoms with van der Waals surface area (Å²) in [5.41, 5.74) is 0. The second kappa shape index (κ2) is 52.5. The molecule has 0 radical (unpaired) electrons. The number of unbranched alkanes of at least 4 members (excludes halogenated alkanes) is 29. The highest BCUT2D eigenvalue weighted by atomic mass is 16.6. The predicted octanol–water partition coefficient (Wildman–Crippen LogP) is 17.8. The van der Waals surface area contributed by atoms with Gasteiger partial charge in [0.05, 0.1) is 0 Å². The van der Waals surface area contributed by atoms with Gasteiger partial charge in [-0.05, 0) is 64.2 Å². The molecule has 0 rings (SSSR count). The van der Waals surface area contributed by atoms with Crippen molar-refractivity contribution >= 4 is 17.9 Å².